The number of aromatic nitrogens is 1. The van der Waals surface area contributed by atoms with Crippen LogP contribution in [0.2, 0.25) is 5.02 Å². The molecule has 0 spiro atoms. The summed E-state index contributed by atoms with van der Waals surface area (Å²) < 4.78 is 2.33. The van der Waals surface area contributed by atoms with Crippen molar-refractivity contribution in [1.82, 2.24) is 9.47 Å². The molecule has 0 radical (unpaired) electrons. The second-order valence-corrected chi connectivity index (χ2v) is 10.3. The number of thiazole rings is 1. The topological polar surface area (TPSA) is 59.4 Å². The second-order valence-electron chi connectivity index (χ2n) is 8.80. The van der Waals surface area contributed by atoms with Crippen LogP contribution in [0.25, 0.3) is 12.2 Å². The van der Waals surface area contributed by atoms with Gasteiger partial charge < -0.3 is 4.90 Å². The number of amides is 1. The van der Waals surface area contributed by atoms with Gasteiger partial charge in [-0.05, 0) is 49.5 Å². The highest BCUT2D eigenvalue weighted by Crippen LogP contribution is 2.17. The zero-order valence-corrected chi connectivity index (χ0v) is 20.9. The van der Waals surface area contributed by atoms with E-state index in [1.807, 2.05) is 36.1 Å². The summed E-state index contributed by atoms with van der Waals surface area (Å²) in [5.74, 6) is 0.191. The molecule has 1 aliphatic rings. The molecule has 0 saturated carbocycles. The number of carbonyl (C=O) groups excluding carboxylic acids is 2. The number of Topliss-reactive ketones (excluding diaryl/α,β-unsaturated/α-hetero) is 1. The molecule has 34 heavy (non-hydrogen) atoms. The first-order valence-corrected chi connectivity index (χ1v) is 12.6. The van der Waals surface area contributed by atoms with Crippen molar-refractivity contribution in [2.24, 2.45) is 5.92 Å². The highest BCUT2D eigenvalue weighted by molar-refractivity contribution is 7.07. The van der Waals surface area contributed by atoms with Crippen molar-refractivity contribution in [2.75, 3.05) is 13.1 Å². The summed E-state index contributed by atoms with van der Waals surface area (Å²) in [6, 6.07) is 14.6. The van der Waals surface area contributed by atoms with E-state index in [0.29, 0.717) is 38.8 Å². The Hall–Kier alpha value is -2.96. The van der Waals surface area contributed by atoms with Gasteiger partial charge in [-0.1, -0.05) is 60.5 Å². The van der Waals surface area contributed by atoms with Crippen LogP contribution >= 0.6 is 22.9 Å². The van der Waals surface area contributed by atoms with Crippen molar-refractivity contribution in [3.63, 3.8) is 0 Å². The van der Waals surface area contributed by atoms with Gasteiger partial charge in [-0.3, -0.25) is 19.0 Å². The number of nitrogens with zero attached hydrogens (tertiary/aromatic N) is 2. The molecule has 1 aliphatic heterocycles. The molecule has 2 aromatic carbocycles. The molecule has 0 N–H and O–H groups in total. The highest BCUT2D eigenvalue weighted by Gasteiger charge is 2.21. The van der Waals surface area contributed by atoms with Crippen molar-refractivity contribution in [2.45, 2.75) is 33.2 Å². The Bertz CT molecular complexity index is 1380. The normalized spacial score (nSPS) is 15.7. The summed E-state index contributed by atoms with van der Waals surface area (Å²) in [5.41, 5.74) is 2.09. The molecule has 176 valence electrons. The molecule has 0 atom stereocenters. The number of ketones is 1. The van der Waals surface area contributed by atoms with Crippen LogP contribution in [0.3, 0.4) is 0 Å². The fourth-order valence-corrected chi connectivity index (χ4v) is 5.22. The molecule has 1 amide bonds. The van der Waals surface area contributed by atoms with Crippen molar-refractivity contribution >= 4 is 46.8 Å². The molecule has 0 unspecified atom stereocenters. The minimum atomic E-state index is -0.304. The molecule has 1 saturated heterocycles. The number of carbonyl (C=O) groups is 2. The lowest BCUT2D eigenvalue weighted by Crippen LogP contribution is -2.43. The van der Waals surface area contributed by atoms with Gasteiger partial charge in [0, 0.05) is 24.7 Å². The predicted molar refractivity (Wildman–Crippen MR) is 138 cm³/mol. The van der Waals surface area contributed by atoms with E-state index >= 15 is 0 Å². The third-order valence-corrected chi connectivity index (χ3v) is 7.52. The van der Waals surface area contributed by atoms with E-state index in [-0.39, 0.29) is 23.8 Å². The predicted octanol–water partition coefficient (Wildman–Crippen LogP) is 3.62. The van der Waals surface area contributed by atoms with Gasteiger partial charge in [0.05, 0.1) is 9.55 Å². The third kappa shape index (κ3) is 5.57. The van der Waals surface area contributed by atoms with Gasteiger partial charge in [-0.15, -0.1) is 11.3 Å². The Balaban J connectivity index is 1.76. The van der Waals surface area contributed by atoms with E-state index in [1.54, 1.807) is 30.3 Å². The number of rotatable bonds is 5. The first kappa shape index (κ1) is 24.2. The molecule has 0 bridgehead atoms. The molecule has 3 aromatic rings. The van der Waals surface area contributed by atoms with Crippen LogP contribution in [0.5, 0.6) is 0 Å². The number of likely N-dealkylation sites (tertiary alicyclic amines) is 1. The Kier molecular flexibility index (Phi) is 7.49. The average molecular weight is 495 g/mol. The van der Waals surface area contributed by atoms with Crippen LogP contribution in [0.4, 0.5) is 0 Å². The Morgan fingerprint density at radius 1 is 1.09 bits per heavy atom. The Morgan fingerprint density at radius 2 is 1.76 bits per heavy atom. The first-order chi connectivity index (χ1) is 16.3. The number of hydrogen-bond donors (Lipinski definition) is 0. The van der Waals surface area contributed by atoms with E-state index < -0.39 is 0 Å². The largest absolute Gasteiger partial charge is 0.341 e. The lowest BCUT2D eigenvalue weighted by atomic mass is 9.99. The summed E-state index contributed by atoms with van der Waals surface area (Å²) in [6.07, 6.45) is 5.13. The third-order valence-electron chi connectivity index (χ3n) is 6.14. The molecule has 1 fully saturated rings. The zero-order chi connectivity index (χ0) is 24.2. The minimum absolute atomic E-state index is 0.0902. The minimum Gasteiger partial charge on any atom is -0.341 e. The number of benzene rings is 2. The lowest BCUT2D eigenvalue weighted by Gasteiger charge is -2.30. The standard InChI is InChI=1S/C27H27ClN2O3S/c1-18-7-9-20(10-8-18)15-24-27(33)30(17-25(32)29-13-11-19(2)12-14-29)26(34-24)16-23(31)21-5-3-4-6-22(21)28/h3-10,15-16,19H,11-14,17H2,1-2H3/b24-15-,26-16+. The summed E-state index contributed by atoms with van der Waals surface area (Å²) >= 11 is 7.41. The zero-order valence-electron chi connectivity index (χ0n) is 19.3. The summed E-state index contributed by atoms with van der Waals surface area (Å²) in [6.45, 7) is 5.48. The fraction of sp³-hybridized carbons (Fsp3) is 0.296. The van der Waals surface area contributed by atoms with E-state index in [9.17, 15) is 14.4 Å². The quantitative estimate of drug-likeness (QED) is 0.509. The smallest absolute Gasteiger partial charge is 0.269 e. The van der Waals surface area contributed by atoms with E-state index in [0.717, 1.165) is 24.0 Å². The van der Waals surface area contributed by atoms with Gasteiger partial charge in [-0.25, -0.2) is 0 Å². The van der Waals surface area contributed by atoms with Gasteiger partial charge in [-0.2, -0.15) is 0 Å². The lowest BCUT2D eigenvalue weighted by molar-refractivity contribution is -0.133. The van der Waals surface area contributed by atoms with Crippen LogP contribution in [0.1, 0.15) is 41.3 Å². The molecule has 2 heterocycles. The van der Waals surface area contributed by atoms with Crippen molar-refractivity contribution in [3.8, 4) is 0 Å². The Labute approximate surface area is 207 Å². The molecule has 0 aliphatic carbocycles. The van der Waals surface area contributed by atoms with Crippen LogP contribution in [-0.2, 0) is 11.3 Å². The van der Waals surface area contributed by atoms with E-state index in [2.05, 4.69) is 6.92 Å². The van der Waals surface area contributed by atoms with Crippen LogP contribution < -0.4 is 14.8 Å². The fourth-order valence-electron chi connectivity index (χ4n) is 3.95. The molecule has 4 rings (SSSR count). The van der Waals surface area contributed by atoms with Gasteiger partial charge in [0.25, 0.3) is 5.56 Å². The summed E-state index contributed by atoms with van der Waals surface area (Å²) in [4.78, 5) is 41.2. The van der Waals surface area contributed by atoms with Crippen LogP contribution in [-0.4, -0.2) is 34.2 Å². The van der Waals surface area contributed by atoms with Crippen molar-refractivity contribution in [3.05, 3.63) is 89.8 Å². The number of halogens is 1. The Morgan fingerprint density at radius 3 is 2.44 bits per heavy atom. The average Bonchev–Trinajstić information content (AvgIpc) is 3.10. The maximum Gasteiger partial charge on any atom is 0.269 e. The van der Waals surface area contributed by atoms with E-state index in [1.165, 1.54) is 22.0 Å². The summed E-state index contributed by atoms with van der Waals surface area (Å²) in [5, 5.41) is 0.346. The molecule has 5 nitrogen and oxygen atoms in total. The SMILES string of the molecule is Cc1ccc(/C=c2\s/c(=C/C(=O)c3ccccc3Cl)n(CC(=O)N3CCC(C)CC3)c2=O)cc1. The van der Waals surface area contributed by atoms with Crippen molar-refractivity contribution in [1.29, 1.82) is 0 Å². The number of hydrogen-bond acceptors (Lipinski definition) is 4. The van der Waals surface area contributed by atoms with Gasteiger partial charge in [0.2, 0.25) is 5.91 Å². The number of piperidine rings is 1. The van der Waals surface area contributed by atoms with Crippen LogP contribution in [0.15, 0.2) is 53.3 Å². The first-order valence-electron chi connectivity index (χ1n) is 11.4. The molecular weight excluding hydrogens is 468 g/mol. The molecular formula is C27H27ClN2O3S. The molecule has 7 heteroatoms. The van der Waals surface area contributed by atoms with Gasteiger partial charge in [0.1, 0.15) is 11.2 Å². The summed E-state index contributed by atoms with van der Waals surface area (Å²) in [7, 11) is 0. The monoisotopic (exact) mass is 494 g/mol. The van der Waals surface area contributed by atoms with Gasteiger partial charge >= 0.3 is 0 Å². The van der Waals surface area contributed by atoms with E-state index in [4.69, 9.17) is 11.6 Å². The highest BCUT2D eigenvalue weighted by atomic mass is 35.5. The maximum atomic E-state index is 13.3. The second kappa shape index (κ2) is 10.5. The van der Waals surface area contributed by atoms with Crippen molar-refractivity contribution < 1.29 is 9.59 Å². The maximum absolute atomic E-state index is 13.3. The van der Waals surface area contributed by atoms with Crippen LogP contribution in [0, 0.1) is 12.8 Å². The van der Waals surface area contributed by atoms with Gasteiger partial charge in [0.15, 0.2) is 5.78 Å². The number of aryl methyl sites for hydroxylation is 1. The molecule has 1 aromatic heterocycles.